The SMILES string of the molecule is CCC(C)c1cc(C(=O)N(C)Cc2ncc(C)c(OC)c2C)on1. The summed E-state index contributed by atoms with van der Waals surface area (Å²) in [4.78, 5) is 18.5. The smallest absolute Gasteiger partial charge is 0.292 e. The summed E-state index contributed by atoms with van der Waals surface area (Å²) in [6, 6.07) is 1.73. The van der Waals surface area contributed by atoms with Crippen LogP contribution in [0, 0.1) is 13.8 Å². The number of hydrogen-bond donors (Lipinski definition) is 0. The van der Waals surface area contributed by atoms with E-state index in [-0.39, 0.29) is 17.6 Å². The van der Waals surface area contributed by atoms with Gasteiger partial charge in [-0.1, -0.05) is 19.0 Å². The summed E-state index contributed by atoms with van der Waals surface area (Å²) < 4.78 is 10.6. The number of amides is 1. The Balaban J connectivity index is 2.16. The van der Waals surface area contributed by atoms with Gasteiger partial charge in [0.2, 0.25) is 5.76 Å². The van der Waals surface area contributed by atoms with Gasteiger partial charge in [-0.15, -0.1) is 0 Å². The second kappa shape index (κ2) is 7.47. The van der Waals surface area contributed by atoms with Crippen LogP contribution in [0.2, 0.25) is 0 Å². The van der Waals surface area contributed by atoms with E-state index in [0.717, 1.165) is 34.7 Å². The molecule has 0 aliphatic carbocycles. The Morgan fingerprint density at radius 1 is 1.42 bits per heavy atom. The number of rotatable bonds is 6. The molecule has 2 rings (SSSR count). The van der Waals surface area contributed by atoms with Crippen LogP contribution in [0.3, 0.4) is 0 Å². The minimum atomic E-state index is -0.210. The van der Waals surface area contributed by atoms with Crippen LogP contribution in [0.15, 0.2) is 16.8 Å². The third-order valence-corrected chi connectivity index (χ3v) is 4.34. The predicted molar refractivity (Wildman–Crippen MR) is 91.3 cm³/mol. The molecule has 2 aromatic rings. The lowest BCUT2D eigenvalue weighted by Gasteiger charge is -2.18. The van der Waals surface area contributed by atoms with E-state index in [1.807, 2.05) is 13.8 Å². The zero-order valence-electron chi connectivity index (χ0n) is 15.2. The number of carbonyl (C=O) groups is 1. The molecule has 0 spiro atoms. The van der Waals surface area contributed by atoms with Crippen LogP contribution in [0.5, 0.6) is 5.75 Å². The zero-order chi connectivity index (χ0) is 17.9. The van der Waals surface area contributed by atoms with Crippen LogP contribution in [-0.2, 0) is 6.54 Å². The Bertz CT molecular complexity index is 724. The van der Waals surface area contributed by atoms with E-state index >= 15 is 0 Å². The average Bonchev–Trinajstić information content (AvgIpc) is 3.06. The molecular weight excluding hydrogens is 306 g/mol. The van der Waals surface area contributed by atoms with Crippen molar-refractivity contribution in [3.8, 4) is 5.75 Å². The molecule has 0 fully saturated rings. The molecule has 0 N–H and O–H groups in total. The first kappa shape index (κ1) is 18.0. The summed E-state index contributed by atoms with van der Waals surface area (Å²) in [5.74, 6) is 1.12. The van der Waals surface area contributed by atoms with Gasteiger partial charge in [-0.2, -0.15) is 0 Å². The summed E-state index contributed by atoms with van der Waals surface area (Å²) in [6.07, 6.45) is 2.71. The maximum atomic E-state index is 12.5. The Kier molecular flexibility index (Phi) is 5.59. The van der Waals surface area contributed by atoms with Gasteiger partial charge in [-0.25, -0.2) is 0 Å². The molecule has 1 unspecified atom stereocenters. The van der Waals surface area contributed by atoms with E-state index in [9.17, 15) is 4.79 Å². The lowest BCUT2D eigenvalue weighted by atomic mass is 10.1. The van der Waals surface area contributed by atoms with Crippen LogP contribution in [0.25, 0.3) is 0 Å². The van der Waals surface area contributed by atoms with Crippen LogP contribution in [-0.4, -0.2) is 35.1 Å². The van der Waals surface area contributed by atoms with Gasteiger partial charge in [0.25, 0.3) is 5.91 Å². The molecule has 1 atom stereocenters. The molecule has 0 aromatic carbocycles. The number of methoxy groups -OCH3 is 1. The minimum Gasteiger partial charge on any atom is -0.496 e. The normalized spacial score (nSPS) is 12.1. The molecule has 24 heavy (non-hydrogen) atoms. The van der Waals surface area contributed by atoms with E-state index in [2.05, 4.69) is 24.0 Å². The van der Waals surface area contributed by atoms with Crippen LogP contribution in [0.1, 0.15) is 59.3 Å². The van der Waals surface area contributed by atoms with Gasteiger partial charge >= 0.3 is 0 Å². The number of nitrogens with zero attached hydrogens (tertiary/aromatic N) is 3. The molecule has 2 aromatic heterocycles. The fraction of sp³-hybridized carbons (Fsp3) is 0.500. The third-order valence-electron chi connectivity index (χ3n) is 4.34. The van der Waals surface area contributed by atoms with Crippen molar-refractivity contribution in [2.75, 3.05) is 14.2 Å². The van der Waals surface area contributed by atoms with Crippen molar-refractivity contribution in [2.24, 2.45) is 0 Å². The maximum absolute atomic E-state index is 12.5. The van der Waals surface area contributed by atoms with Gasteiger partial charge in [0.1, 0.15) is 5.75 Å². The third kappa shape index (κ3) is 3.58. The van der Waals surface area contributed by atoms with Crippen molar-refractivity contribution in [3.05, 3.63) is 40.5 Å². The van der Waals surface area contributed by atoms with Crippen molar-refractivity contribution in [2.45, 2.75) is 46.6 Å². The highest BCUT2D eigenvalue weighted by molar-refractivity contribution is 5.91. The predicted octanol–water partition coefficient (Wildman–Crippen LogP) is 3.48. The summed E-state index contributed by atoms with van der Waals surface area (Å²) >= 11 is 0. The number of hydrogen-bond acceptors (Lipinski definition) is 5. The van der Waals surface area contributed by atoms with Crippen molar-refractivity contribution in [1.29, 1.82) is 0 Å². The van der Waals surface area contributed by atoms with Gasteiger partial charge < -0.3 is 14.2 Å². The first-order chi connectivity index (χ1) is 11.4. The second-order valence-electron chi connectivity index (χ2n) is 6.13. The molecule has 130 valence electrons. The topological polar surface area (TPSA) is 68.5 Å². The van der Waals surface area contributed by atoms with Gasteiger partial charge in [0.05, 0.1) is 25.0 Å². The average molecular weight is 331 g/mol. The second-order valence-corrected chi connectivity index (χ2v) is 6.13. The van der Waals surface area contributed by atoms with Gasteiger partial charge in [0.15, 0.2) is 0 Å². The summed E-state index contributed by atoms with van der Waals surface area (Å²) in [5.41, 5.74) is 3.52. The molecule has 0 saturated heterocycles. The lowest BCUT2D eigenvalue weighted by molar-refractivity contribution is 0.0741. The van der Waals surface area contributed by atoms with E-state index in [0.29, 0.717) is 6.54 Å². The number of pyridine rings is 1. The highest BCUT2D eigenvalue weighted by atomic mass is 16.5. The van der Waals surface area contributed by atoms with E-state index in [1.165, 1.54) is 0 Å². The minimum absolute atomic E-state index is 0.210. The van der Waals surface area contributed by atoms with Crippen molar-refractivity contribution >= 4 is 5.91 Å². The summed E-state index contributed by atoms with van der Waals surface area (Å²) in [5, 5.41) is 4.00. The standard InChI is InChI=1S/C18H25N3O3/c1-7-11(2)14-8-16(24-20-14)18(22)21(5)10-15-13(4)17(23-6)12(3)9-19-15/h8-9,11H,7,10H2,1-6H3. The molecule has 0 bridgehead atoms. The number of ether oxygens (including phenoxy) is 1. The molecule has 1 amide bonds. The zero-order valence-corrected chi connectivity index (χ0v) is 15.2. The van der Waals surface area contributed by atoms with Crippen LogP contribution < -0.4 is 4.74 Å². The highest BCUT2D eigenvalue weighted by Gasteiger charge is 2.21. The van der Waals surface area contributed by atoms with E-state index < -0.39 is 0 Å². The number of aryl methyl sites for hydroxylation is 1. The van der Waals surface area contributed by atoms with Gasteiger partial charge in [0, 0.05) is 36.4 Å². The van der Waals surface area contributed by atoms with Crippen molar-refractivity contribution in [1.82, 2.24) is 15.0 Å². The van der Waals surface area contributed by atoms with Crippen molar-refractivity contribution in [3.63, 3.8) is 0 Å². The number of aromatic nitrogens is 2. The quantitative estimate of drug-likeness (QED) is 0.810. The lowest BCUT2D eigenvalue weighted by Crippen LogP contribution is -2.26. The van der Waals surface area contributed by atoms with E-state index in [1.54, 1.807) is 31.3 Å². The fourth-order valence-corrected chi connectivity index (χ4v) is 2.55. The summed E-state index contributed by atoms with van der Waals surface area (Å²) in [7, 11) is 3.36. The van der Waals surface area contributed by atoms with Gasteiger partial charge in [-0.3, -0.25) is 9.78 Å². The largest absolute Gasteiger partial charge is 0.496 e. The van der Waals surface area contributed by atoms with Crippen LogP contribution >= 0.6 is 0 Å². The highest BCUT2D eigenvalue weighted by Crippen LogP contribution is 2.25. The monoisotopic (exact) mass is 331 g/mol. The first-order valence-electron chi connectivity index (χ1n) is 8.10. The Morgan fingerprint density at radius 3 is 2.75 bits per heavy atom. The molecular formula is C18H25N3O3. The Morgan fingerprint density at radius 2 is 2.12 bits per heavy atom. The summed E-state index contributed by atoms with van der Waals surface area (Å²) in [6.45, 7) is 8.40. The molecule has 0 aliphatic rings. The van der Waals surface area contributed by atoms with E-state index in [4.69, 9.17) is 9.26 Å². The molecule has 0 saturated carbocycles. The van der Waals surface area contributed by atoms with Crippen molar-refractivity contribution < 1.29 is 14.1 Å². The Hall–Kier alpha value is -2.37. The molecule has 6 heteroatoms. The molecule has 2 heterocycles. The molecule has 0 radical (unpaired) electrons. The molecule has 0 aliphatic heterocycles. The fourth-order valence-electron chi connectivity index (χ4n) is 2.55. The Labute approximate surface area is 142 Å². The van der Waals surface area contributed by atoms with Crippen LogP contribution in [0.4, 0.5) is 0 Å². The first-order valence-corrected chi connectivity index (χ1v) is 8.10. The van der Waals surface area contributed by atoms with Gasteiger partial charge in [-0.05, 0) is 20.3 Å². The maximum Gasteiger partial charge on any atom is 0.292 e. The number of carbonyl (C=O) groups excluding carboxylic acids is 1. The molecule has 6 nitrogen and oxygen atoms in total.